The summed E-state index contributed by atoms with van der Waals surface area (Å²) < 4.78 is 0. The minimum atomic E-state index is -0.263. The highest BCUT2D eigenvalue weighted by molar-refractivity contribution is 7.20. The van der Waals surface area contributed by atoms with Crippen LogP contribution < -0.4 is 10.9 Å². The molecule has 4 aromatic rings. The standard InChI is InChI=1S/C20H21N5O2S/c1-4-10(2)15(17-23-12-7-5-6-8-13(12)24-17)25-19(27)16-11(3)14-18(26)21-9-22-20(14)28-16/h5-10,15H,4H2,1-3H3,(H,23,24)(H,25,27)(H,21,22,26)/t10-,15-/m0/s1. The predicted octanol–water partition coefficient (Wildman–Crippen LogP) is 3.69. The monoisotopic (exact) mass is 395 g/mol. The van der Waals surface area contributed by atoms with Crippen LogP contribution >= 0.6 is 11.3 Å². The number of hydrogen-bond acceptors (Lipinski definition) is 5. The molecule has 3 N–H and O–H groups in total. The van der Waals surface area contributed by atoms with Gasteiger partial charge in [0.2, 0.25) is 0 Å². The number of benzene rings is 1. The average molecular weight is 395 g/mol. The van der Waals surface area contributed by atoms with Crippen LogP contribution in [0.4, 0.5) is 0 Å². The molecule has 0 aliphatic rings. The highest BCUT2D eigenvalue weighted by Crippen LogP contribution is 2.29. The second-order valence-electron chi connectivity index (χ2n) is 6.94. The van der Waals surface area contributed by atoms with Crippen LogP contribution in [0.3, 0.4) is 0 Å². The van der Waals surface area contributed by atoms with Gasteiger partial charge >= 0.3 is 0 Å². The quantitative estimate of drug-likeness (QED) is 0.479. The van der Waals surface area contributed by atoms with E-state index in [4.69, 9.17) is 0 Å². The number of H-pyrrole nitrogens is 2. The van der Waals surface area contributed by atoms with Gasteiger partial charge in [-0.2, -0.15) is 0 Å². The van der Waals surface area contributed by atoms with E-state index in [9.17, 15) is 9.59 Å². The molecular weight excluding hydrogens is 374 g/mol. The van der Waals surface area contributed by atoms with Crippen LogP contribution in [0.1, 0.15) is 47.4 Å². The number of aromatic nitrogens is 4. The predicted molar refractivity (Wildman–Crippen MR) is 111 cm³/mol. The van der Waals surface area contributed by atoms with Crippen molar-refractivity contribution in [2.75, 3.05) is 0 Å². The van der Waals surface area contributed by atoms with Crippen molar-refractivity contribution in [2.45, 2.75) is 33.2 Å². The van der Waals surface area contributed by atoms with Crippen molar-refractivity contribution >= 4 is 38.5 Å². The van der Waals surface area contributed by atoms with Crippen molar-refractivity contribution in [3.05, 3.63) is 57.2 Å². The maximum atomic E-state index is 13.1. The summed E-state index contributed by atoms with van der Waals surface area (Å²) in [5.41, 5.74) is 2.23. The number of aromatic amines is 2. The normalized spacial score (nSPS) is 13.7. The molecule has 144 valence electrons. The van der Waals surface area contributed by atoms with E-state index in [0.717, 1.165) is 23.3 Å². The third-order valence-corrected chi connectivity index (χ3v) is 6.34. The van der Waals surface area contributed by atoms with Crippen LogP contribution in [0, 0.1) is 12.8 Å². The molecule has 3 aromatic heterocycles. The van der Waals surface area contributed by atoms with Crippen molar-refractivity contribution in [3.8, 4) is 0 Å². The van der Waals surface area contributed by atoms with Gasteiger partial charge in [-0.1, -0.05) is 32.4 Å². The first-order valence-electron chi connectivity index (χ1n) is 9.21. The summed E-state index contributed by atoms with van der Waals surface area (Å²) in [5.74, 6) is 0.699. The third-order valence-electron chi connectivity index (χ3n) is 5.14. The number of imidazole rings is 1. The van der Waals surface area contributed by atoms with E-state index in [2.05, 4.69) is 39.1 Å². The number of amides is 1. The Kier molecular flexibility index (Phi) is 4.72. The highest BCUT2D eigenvalue weighted by atomic mass is 32.1. The number of fused-ring (bicyclic) bond motifs is 2. The molecule has 0 radical (unpaired) electrons. The molecular formula is C20H21N5O2S. The Morgan fingerprint density at radius 3 is 2.82 bits per heavy atom. The van der Waals surface area contributed by atoms with Crippen LogP contribution in [0.25, 0.3) is 21.3 Å². The fourth-order valence-electron chi connectivity index (χ4n) is 3.34. The molecule has 0 aliphatic carbocycles. The molecule has 7 nitrogen and oxygen atoms in total. The Bertz CT molecular complexity index is 1190. The van der Waals surface area contributed by atoms with E-state index in [1.165, 1.54) is 17.7 Å². The number of thiophene rings is 1. The first-order chi connectivity index (χ1) is 13.5. The number of carbonyl (C=O) groups is 1. The second-order valence-corrected chi connectivity index (χ2v) is 7.94. The summed E-state index contributed by atoms with van der Waals surface area (Å²) in [6, 6.07) is 7.54. The number of para-hydroxylation sites is 2. The molecule has 0 saturated heterocycles. The summed E-state index contributed by atoms with van der Waals surface area (Å²) in [5, 5.41) is 3.59. The number of rotatable bonds is 5. The minimum absolute atomic E-state index is 0.181. The zero-order valence-corrected chi connectivity index (χ0v) is 16.7. The molecule has 0 spiro atoms. The fourth-order valence-corrected chi connectivity index (χ4v) is 4.39. The van der Waals surface area contributed by atoms with Crippen LogP contribution in [0.15, 0.2) is 35.4 Å². The van der Waals surface area contributed by atoms with E-state index >= 15 is 0 Å². The molecule has 0 unspecified atom stereocenters. The molecule has 1 amide bonds. The van der Waals surface area contributed by atoms with Gasteiger partial charge in [-0.3, -0.25) is 9.59 Å². The number of nitrogens with zero attached hydrogens (tertiary/aromatic N) is 2. The number of nitrogens with one attached hydrogen (secondary N) is 3. The third kappa shape index (κ3) is 3.09. The molecule has 3 heterocycles. The van der Waals surface area contributed by atoms with Gasteiger partial charge in [-0.05, 0) is 30.5 Å². The van der Waals surface area contributed by atoms with Crippen LogP contribution in [0.5, 0.6) is 0 Å². The molecule has 4 rings (SSSR count). The van der Waals surface area contributed by atoms with Crippen molar-refractivity contribution in [1.29, 1.82) is 0 Å². The molecule has 0 saturated carbocycles. The maximum absolute atomic E-state index is 13.1. The first kappa shape index (κ1) is 18.4. The lowest BCUT2D eigenvalue weighted by atomic mass is 9.98. The lowest BCUT2D eigenvalue weighted by Crippen LogP contribution is -2.33. The largest absolute Gasteiger partial charge is 0.341 e. The maximum Gasteiger partial charge on any atom is 0.262 e. The summed E-state index contributed by atoms with van der Waals surface area (Å²) in [6.07, 6.45) is 2.24. The van der Waals surface area contributed by atoms with Gasteiger partial charge in [0.25, 0.3) is 11.5 Å². The highest BCUT2D eigenvalue weighted by Gasteiger charge is 2.26. The number of hydrogen-bond donors (Lipinski definition) is 3. The molecule has 8 heteroatoms. The van der Waals surface area contributed by atoms with Crippen molar-refractivity contribution in [1.82, 2.24) is 25.3 Å². The summed E-state index contributed by atoms with van der Waals surface area (Å²) in [4.78, 5) is 41.0. The first-order valence-corrected chi connectivity index (χ1v) is 10.0. The van der Waals surface area contributed by atoms with Crippen molar-refractivity contribution < 1.29 is 4.79 Å². The zero-order chi connectivity index (χ0) is 19.8. The van der Waals surface area contributed by atoms with E-state index in [0.29, 0.717) is 20.7 Å². The van der Waals surface area contributed by atoms with Crippen LogP contribution in [-0.2, 0) is 0 Å². The topological polar surface area (TPSA) is 104 Å². The van der Waals surface area contributed by atoms with Gasteiger partial charge in [0, 0.05) is 0 Å². The molecule has 1 aromatic carbocycles. The summed E-state index contributed by atoms with van der Waals surface area (Å²) in [6.45, 7) is 5.95. The second kappa shape index (κ2) is 7.20. The van der Waals surface area contributed by atoms with Crippen LogP contribution in [0.2, 0.25) is 0 Å². The van der Waals surface area contributed by atoms with E-state index < -0.39 is 0 Å². The molecule has 0 aliphatic heterocycles. The van der Waals surface area contributed by atoms with E-state index in [1.807, 2.05) is 24.3 Å². The van der Waals surface area contributed by atoms with E-state index in [-0.39, 0.29) is 23.4 Å². The number of carbonyl (C=O) groups excluding carboxylic acids is 1. The minimum Gasteiger partial charge on any atom is -0.341 e. The van der Waals surface area contributed by atoms with E-state index in [1.54, 1.807) is 6.92 Å². The summed E-state index contributed by atoms with van der Waals surface area (Å²) >= 11 is 1.23. The zero-order valence-electron chi connectivity index (χ0n) is 15.9. The Labute approximate surface area is 165 Å². The SMILES string of the molecule is CC[C@H](C)[C@H](NC(=O)c1sc2nc[nH]c(=O)c2c1C)c1nc2ccccc2[nH]1. The van der Waals surface area contributed by atoms with Gasteiger partial charge < -0.3 is 15.3 Å². The van der Waals surface area contributed by atoms with Gasteiger partial charge in [0.05, 0.1) is 33.7 Å². The average Bonchev–Trinajstić information content (AvgIpc) is 3.27. The van der Waals surface area contributed by atoms with Crippen LogP contribution in [-0.4, -0.2) is 25.8 Å². The smallest absolute Gasteiger partial charge is 0.262 e. The van der Waals surface area contributed by atoms with Gasteiger partial charge in [-0.25, -0.2) is 9.97 Å². The Balaban J connectivity index is 1.71. The molecule has 28 heavy (non-hydrogen) atoms. The Morgan fingerprint density at radius 2 is 2.11 bits per heavy atom. The van der Waals surface area contributed by atoms with Gasteiger partial charge in [-0.15, -0.1) is 11.3 Å². The van der Waals surface area contributed by atoms with Gasteiger partial charge in [0.1, 0.15) is 10.7 Å². The fraction of sp³-hybridized carbons (Fsp3) is 0.300. The van der Waals surface area contributed by atoms with Crippen molar-refractivity contribution in [2.24, 2.45) is 5.92 Å². The summed E-state index contributed by atoms with van der Waals surface area (Å²) in [7, 11) is 0. The lowest BCUT2D eigenvalue weighted by Gasteiger charge is -2.22. The number of aryl methyl sites for hydroxylation is 1. The Hall–Kier alpha value is -3.00. The molecule has 2 atom stereocenters. The Morgan fingerprint density at radius 1 is 1.32 bits per heavy atom. The van der Waals surface area contributed by atoms with Crippen molar-refractivity contribution in [3.63, 3.8) is 0 Å². The lowest BCUT2D eigenvalue weighted by molar-refractivity contribution is 0.0924. The molecule has 0 fully saturated rings. The molecule has 0 bridgehead atoms. The van der Waals surface area contributed by atoms with Gasteiger partial charge in [0.15, 0.2) is 0 Å².